The van der Waals surface area contributed by atoms with Crippen LogP contribution in [-0.2, 0) is 0 Å². The summed E-state index contributed by atoms with van der Waals surface area (Å²) in [6.45, 7) is 9.56. The second kappa shape index (κ2) is 7.48. The molecule has 140 valence electrons. The third-order valence-electron chi connectivity index (χ3n) is 5.40. The van der Waals surface area contributed by atoms with E-state index in [9.17, 15) is 9.65 Å². The molecule has 0 fully saturated rings. The van der Waals surface area contributed by atoms with Gasteiger partial charge in [-0.05, 0) is 74.6 Å². The SMILES string of the molecule is CCN1c2cc(F)c(/C=C(\C#N)c3ccc(Br)cc3)cc2C(C)CC1(C)C. The summed E-state index contributed by atoms with van der Waals surface area (Å²) in [6.07, 6.45) is 2.67. The standard InChI is InChI=1S/C23H24BrFN2/c1-5-27-22-12-21(25)17(11-20(22)15(2)13-23(27,3)4)10-18(14-26)16-6-8-19(24)9-7-16/h6-12,15H,5,13H2,1-4H3/b18-10+. The van der Waals surface area contributed by atoms with Crippen LogP contribution in [0.5, 0.6) is 0 Å². The summed E-state index contributed by atoms with van der Waals surface area (Å²) in [5, 5.41) is 9.58. The van der Waals surface area contributed by atoms with E-state index in [1.165, 1.54) is 0 Å². The lowest BCUT2D eigenvalue weighted by molar-refractivity contribution is 0.380. The molecule has 3 rings (SSSR count). The van der Waals surface area contributed by atoms with Crippen LogP contribution in [-0.4, -0.2) is 12.1 Å². The molecule has 1 unspecified atom stereocenters. The Labute approximate surface area is 169 Å². The van der Waals surface area contributed by atoms with Crippen LogP contribution >= 0.6 is 15.9 Å². The quantitative estimate of drug-likeness (QED) is 0.400. The number of hydrogen-bond acceptors (Lipinski definition) is 2. The molecule has 2 aromatic carbocycles. The van der Waals surface area contributed by atoms with Crippen LogP contribution in [0, 0.1) is 17.1 Å². The van der Waals surface area contributed by atoms with Gasteiger partial charge in [-0.2, -0.15) is 5.26 Å². The average Bonchev–Trinajstić information content (AvgIpc) is 2.61. The zero-order valence-electron chi connectivity index (χ0n) is 16.2. The zero-order valence-corrected chi connectivity index (χ0v) is 17.8. The molecule has 1 atom stereocenters. The number of nitrogens with zero attached hydrogens (tertiary/aromatic N) is 2. The first-order valence-corrected chi connectivity index (χ1v) is 10.0. The molecule has 0 aliphatic carbocycles. The van der Waals surface area contributed by atoms with Crippen LogP contribution in [0.2, 0.25) is 0 Å². The largest absolute Gasteiger partial charge is 0.366 e. The molecule has 0 saturated carbocycles. The Hall–Kier alpha value is -2.12. The number of rotatable bonds is 3. The summed E-state index contributed by atoms with van der Waals surface area (Å²) >= 11 is 3.40. The summed E-state index contributed by atoms with van der Waals surface area (Å²) in [4.78, 5) is 2.28. The van der Waals surface area contributed by atoms with Crippen molar-refractivity contribution < 1.29 is 4.39 Å². The van der Waals surface area contributed by atoms with Crippen molar-refractivity contribution >= 4 is 33.3 Å². The van der Waals surface area contributed by atoms with Gasteiger partial charge in [-0.3, -0.25) is 0 Å². The highest BCUT2D eigenvalue weighted by atomic mass is 79.9. The lowest BCUT2D eigenvalue weighted by Gasteiger charge is -2.47. The molecule has 0 N–H and O–H groups in total. The van der Waals surface area contributed by atoms with Crippen molar-refractivity contribution in [2.24, 2.45) is 0 Å². The van der Waals surface area contributed by atoms with E-state index in [-0.39, 0.29) is 11.4 Å². The molecule has 1 aliphatic heterocycles. The van der Waals surface area contributed by atoms with Gasteiger partial charge in [0.2, 0.25) is 0 Å². The molecule has 1 heterocycles. The maximum atomic E-state index is 15.0. The molecule has 1 aliphatic rings. The van der Waals surface area contributed by atoms with Gasteiger partial charge >= 0.3 is 0 Å². The molecular weight excluding hydrogens is 403 g/mol. The predicted octanol–water partition coefficient (Wildman–Crippen LogP) is 6.76. The van der Waals surface area contributed by atoms with Gasteiger partial charge in [0, 0.05) is 27.8 Å². The summed E-state index contributed by atoms with van der Waals surface area (Å²) in [7, 11) is 0. The minimum atomic E-state index is -0.290. The highest BCUT2D eigenvalue weighted by molar-refractivity contribution is 9.10. The average molecular weight is 427 g/mol. The van der Waals surface area contributed by atoms with E-state index in [0.717, 1.165) is 34.3 Å². The van der Waals surface area contributed by atoms with Gasteiger partial charge in [0.05, 0.1) is 11.6 Å². The number of fused-ring (bicyclic) bond motifs is 1. The van der Waals surface area contributed by atoms with Crippen molar-refractivity contribution in [3.8, 4) is 6.07 Å². The first-order valence-electron chi connectivity index (χ1n) is 9.25. The van der Waals surface area contributed by atoms with E-state index < -0.39 is 0 Å². The fraction of sp³-hybridized carbons (Fsp3) is 0.348. The topological polar surface area (TPSA) is 27.0 Å². The Bertz CT molecular complexity index is 923. The minimum absolute atomic E-state index is 0.000201. The summed E-state index contributed by atoms with van der Waals surface area (Å²) < 4.78 is 15.9. The molecule has 0 saturated heterocycles. The first-order chi connectivity index (χ1) is 12.8. The predicted molar refractivity (Wildman–Crippen MR) is 114 cm³/mol. The summed E-state index contributed by atoms with van der Waals surface area (Å²) in [6, 6.07) is 13.2. The zero-order chi connectivity index (χ0) is 19.8. The monoisotopic (exact) mass is 426 g/mol. The van der Waals surface area contributed by atoms with Gasteiger partial charge in [-0.25, -0.2) is 4.39 Å². The number of allylic oxidation sites excluding steroid dienone is 1. The van der Waals surface area contributed by atoms with Crippen molar-refractivity contribution in [2.75, 3.05) is 11.4 Å². The summed E-state index contributed by atoms with van der Waals surface area (Å²) in [5.74, 6) is 0.0470. The minimum Gasteiger partial charge on any atom is -0.366 e. The Morgan fingerprint density at radius 1 is 1.33 bits per heavy atom. The van der Waals surface area contributed by atoms with Crippen LogP contribution < -0.4 is 4.90 Å². The number of hydrogen-bond donors (Lipinski definition) is 0. The van der Waals surface area contributed by atoms with Gasteiger partial charge in [-0.15, -0.1) is 0 Å². The van der Waals surface area contributed by atoms with E-state index >= 15 is 0 Å². The Morgan fingerprint density at radius 2 is 2.00 bits per heavy atom. The van der Waals surface area contributed by atoms with E-state index in [1.54, 1.807) is 12.1 Å². The number of nitriles is 1. The second-order valence-electron chi connectivity index (χ2n) is 7.77. The third kappa shape index (κ3) is 3.80. The van der Waals surface area contributed by atoms with Gasteiger partial charge in [0.15, 0.2) is 0 Å². The molecule has 0 spiro atoms. The molecule has 27 heavy (non-hydrogen) atoms. The van der Waals surface area contributed by atoms with E-state index in [4.69, 9.17) is 0 Å². The van der Waals surface area contributed by atoms with Crippen LogP contribution in [0.1, 0.15) is 56.7 Å². The van der Waals surface area contributed by atoms with E-state index in [2.05, 4.69) is 54.6 Å². The molecule has 4 heteroatoms. The van der Waals surface area contributed by atoms with Gasteiger partial charge < -0.3 is 4.90 Å². The van der Waals surface area contributed by atoms with Crippen molar-refractivity contribution in [3.63, 3.8) is 0 Å². The Morgan fingerprint density at radius 3 is 2.59 bits per heavy atom. The first kappa shape index (κ1) is 19.6. The smallest absolute Gasteiger partial charge is 0.132 e. The fourth-order valence-electron chi connectivity index (χ4n) is 4.20. The molecule has 0 aromatic heterocycles. The number of anilines is 1. The lowest BCUT2D eigenvalue weighted by atomic mass is 9.79. The molecule has 2 aromatic rings. The van der Waals surface area contributed by atoms with Crippen LogP contribution in [0.25, 0.3) is 11.6 Å². The Balaban J connectivity index is 2.10. The molecular formula is C23H24BrFN2. The lowest BCUT2D eigenvalue weighted by Crippen LogP contribution is -2.48. The number of halogens is 2. The van der Waals surface area contributed by atoms with E-state index in [1.807, 2.05) is 30.3 Å². The van der Waals surface area contributed by atoms with Gasteiger partial charge in [0.1, 0.15) is 5.82 Å². The normalized spacial score (nSPS) is 18.8. The van der Waals surface area contributed by atoms with Crippen molar-refractivity contribution in [1.82, 2.24) is 0 Å². The molecule has 0 radical (unpaired) electrons. The summed E-state index contributed by atoms with van der Waals surface area (Å²) in [5.41, 5.74) is 3.82. The highest BCUT2D eigenvalue weighted by Gasteiger charge is 2.36. The third-order valence-corrected chi connectivity index (χ3v) is 5.92. The van der Waals surface area contributed by atoms with Gasteiger partial charge in [0.25, 0.3) is 0 Å². The van der Waals surface area contributed by atoms with Gasteiger partial charge in [-0.1, -0.05) is 35.0 Å². The maximum absolute atomic E-state index is 15.0. The Kier molecular flexibility index (Phi) is 5.44. The van der Waals surface area contributed by atoms with Crippen LogP contribution in [0.15, 0.2) is 40.9 Å². The van der Waals surface area contributed by atoms with Crippen molar-refractivity contribution in [2.45, 2.75) is 45.6 Å². The van der Waals surface area contributed by atoms with Crippen LogP contribution in [0.4, 0.5) is 10.1 Å². The fourth-order valence-corrected chi connectivity index (χ4v) is 4.46. The molecule has 0 bridgehead atoms. The molecule has 2 nitrogen and oxygen atoms in total. The second-order valence-corrected chi connectivity index (χ2v) is 8.69. The highest BCUT2D eigenvalue weighted by Crippen LogP contribution is 2.44. The molecule has 0 amide bonds. The van der Waals surface area contributed by atoms with Crippen LogP contribution in [0.3, 0.4) is 0 Å². The number of benzene rings is 2. The van der Waals surface area contributed by atoms with E-state index in [0.29, 0.717) is 17.1 Å². The van der Waals surface area contributed by atoms with Crippen molar-refractivity contribution in [1.29, 1.82) is 5.26 Å². The maximum Gasteiger partial charge on any atom is 0.132 e. The van der Waals surface area contributed by atoms with Crippen molar-refractivity contribution in [3.05, 3.63) is 63.4 Å².